The molecule has 0 spiro atoms. The van der Waals surface area contributed by atoms with Crippen LogP contribution in [0.5, 0.6) is 0 Å². The fourth-order valence-electron chi connectivity index (χ4n) is 7.68. The van der Waals surface area contributed by atoms with Gasteiger partial charge in [0.25, 0.3) is 0 Å². The quantitative estimate of drug-likeness (QED) is 0.163. The maximum absolute atomic E-state index is 2.78. The Kier molecular flexibility index (Phi) is 8.39. The van der Waals surface area contributed by atoms with Gasteiger partial charge in [0.05, 0.1) is 7.83 Å². The summed E-state index contributed by atoms with van der Waals surface area (Å²) in [6, 6.07) is 81.1. The predicted octanol–water partition coefficient (Wildman–Crippen LogP) is 4.62. The summed E-state index contributed by atoms with van der Waals surface area (Å²) >= 11 is 0. The van der Waals surface area contributed by atoms with Crippen LogP contribution in [0, 0.1) is 0 Å². The molecule has 7 aromatic carbocycles. The van der Waals surface area contributed by atoms with E-state index in [2.05, 4.69) is 212 Å². The van der Waals surface area contributed by atoms with Crippen LogP contribution in [0.2, 0.25) is 0 Å². The Labute approximate surface area is 270 Å². The summed E-state index contributed by atoms with van der Waals surface area (Å²) in [6.45, 7) is 0. The van der Waals surface area contributed by atoms with E-state index in [9.17, 15) is 0 Å². The first kappa shape index (κ1) is 28.9. The van der Waals surface area contributed by atoms with Crippen molar-refractivity contribution < 1.29 is 0 Å². The van der Waals surface area contributed by atoms with E-state index in [1.165, 1.54) is 36.3 Å². The molecular formula is C42H36Si3. The fourth-order valence-corrected chi connectivity index (χ4v) is 48.7. The Morgan fingerprint density at radius 2 is 0.400 bits per heavy atom. The van der Waals surface area contributed by atoms with E-state index in [4.69, 9.17) is 0 Å². The van der Waals surface area contributed by atoms with Crippen molar-refractivity contribution in [1.29, 1.82) is 0 Å². The van der Waals surface area contributed by atoms with Crippen LogP contribution in [0.25, 0.3) is 0 Å². The maximum Gasteiger partial charge on any atom is 0.140 e. The molecule has 45 heavy (non-hydrogen) atoms. The molecule has 0 aliphatic heterocycles. The normalized spacial score (nSPS) is 11.8. The highest BCUT2D eigenvalue weighted by Gasteiger charge is 2.60. The standard InChI is InChI=1S/C42H36Si3/c1-8-22-36(23-9-1)43(44(37-24-10-2-11-25-37,38-26-12-3-13-27-38)39-28-14-4-15-29-39)45(40-30-16-5-17-31-40,41-32-18-6-19-33-41)42-34-20-7-21-35-42/h1-35,43H. The first-order chi connectivity index (χ1) is 22.4. The lowest BCUT2D eigenvalue weighted by Crippen LogP contribution is -2.93. The Bertz CT molecular complexity index is 1600. The van der Waals surface area contributed by atoms with Gasteiger partial charge < -0.3 is 0 Å². The highest BCUT2D eigenvalue weighted by Crippen LogP contribution is 2.22. The van der Waals surface area contributed by atoms with Crippen LogP contribution < -0.4 is 36.3 Å². The van der Waals surface area contributed by atoms with Crippen LogP contribution in [0.1, 0.15) is 0 Å². The van der Waals surface area contributed by atoms with Crippen LogP contribution in [0.4, 0.5) is 0 Å². The molecule has 0 aromatic heterocycles. The van der Waals surface area contributed by atoms with Crippen LogP contribution in [-0.2, 0) is 0 Å². The molecule has 0 amide bonds. The van der Waals surface area contributed by atoms with Gasteiger partial charge in [-0.25, -0.2) is 0 Å². The second-order valence-electron chi connectivity index (χ2n) is 11.7. The van der Waals surface area contributed by atoms with Crippen molar-refractivity contribution in [2.45, 2.75) is 0 Å². The zero-order valence-corrected chi connectivity index (χ0v) is 28.4. The SMILES string of the molecule is c1ccc([SiH]([Si](c2ccccc2)(c2ccccc2)c2ccccc2)[Si](c2ccccc2)(c2ccccc2)c2ccccc2)cc1. The largest absolute Gasteiger partial charge is 0.140 e. The summed E-state index contributed by atoms with van der Waals surface area (Å²) in [4.78, 5) is 0. The van der Waals surface area contributed by atoms with Gasteiger partial charge in [-0.1, -0.05) is 249 Å². The van der Waals surface area contributed by atoms with Crippen molar-refractivity contribution in [1.82, 2.24) is 0 Å². The van der Waals surface area contributed by atoms with Crippen molar-refractivity contribution in [3.63, 3.8) is 0 Å². The smallest absolute Gasteiger partial charge is 0.0658 e. The van der Waals surface area contributed by atoms with E-state index in [0.29, 0.717) is 0 Å². The lowest BCUT2D eigenvalue weighted by molar-refractivity contribution is 1.68. The molecule has 0 aliphatic carbocycles. The minimum absolute atomic E-state index is 1.49. The Hall–Kier alpha value is -4.81. The first-order valence-corrected chi connectivity index (χ1v) is 23.9. The minimum Gasteiger partial charge on any atom is -0.0658 e. The van der Waals surface area contributed by atoms with Crippen LogP contribution in [-0.4, -0.2) is 23.0 Å². The van der Waals surface area contributed by atoms with Gasteiger partial charge in [-0.2, -0.15) is 0 Å². The Balaban J connectivity index is 1.77. The van der Waals surface area contributed by atoms with Crippen LogP contribution in [0.3, 0.4) is 0 Å². The molecule has 0 N–H and O–H groups in total. The van der Waals surface area contributed by atoms with Crippen molar-refractivity contribution >= 4 is 59.3 Å². The van der Waals surface area contributed by atoms with Gasteiger partial charge in [-0.15, -0.1) is 0 Å². The van der Waals surface area contributed by atoms with Gasteiger partial charge >= 0.3 is 0 Å². The van der Waals surface area contributed by atoms with E-state index in [1.54, 1.807) is 0 Å². The molecular weight excluding hydrogens is 589 g/mol. The van der Waals surface area contributed by atoms with E-state index >= 15 is 0 Å². The molecule has 0 bridgehead atoms. The Morgan fingerprint density at radius 3 is 0.600 bits per heavy atom. The minimum atomic E-state index is -2.78. The molecule has 0 atom stereocenters. The zero-order valence-electron chi connectivity index (χ0n) is 25.3. The molecule has 7 aromatic rings. The molecule has 0 saturated heterocycles. The molecule has 0 heterocycles. The van der Waals surface area contributed by atoms with E-state index in [0.717, 1.165) is 0 Å². The van der Waals surface area contributed by atoms with Crippen LogP contribution >= 0.6 is 0 Å². The van der Waals surface area contributed by atoms with Crippen molar-refractivity contribution in [3.05, 3.63) is 212 Å². The first-order valence-electron chi connectivity index (χ1n) is 15.7. The molecule has 0 fully saturated rings. The average molecular weight is 625 g/mol. The molecule has 0 saturated carbocycles. The molecule has 3 heteroatoms. The second kappa shape index (κ2) is 13.0. The fraction of sp³-hybridized carbons (Fsp3) is 0. The van der Waals surface area contributed by atoms with E-state index in [1.807, 2.05) is 0 Å². The molecule has 216 valence electrons. The third kappa shape index (κ3) is 5.09. The van der Waals surface area contributed by atoms with Gasteiger partial charge in [0.1, 0.15) is 15.2 Å². The molecule has 0 nitrogen and oxygen atoms in total. The lowest BCUT2D eigenvalue weighted by Gasteiger charge is -2.50. The van der Waals surface area contributed by atoms with Gasteiger partial charge in [-0.3, -0.25) is 0 Å². The topological polar surface area (TPSA) is 0 Å². The monoisotopic (exact) mass is 624 g/mol. The molecule has 0 radical (unpaired) electrons. The number of rotatable bonds is 9. The summed E-state index contributed by atoms with van der Waals surface area (Å²) in [5.74, 6) is 0. The summed E-state index contributed by atoms with van der Waals surface area (Å²) in [5.41, 5.74) is 0. The number of hydrogen-bond donors (Lipinski definition) is 0. The highest BCUT2D eigenvalue weighted by molar-refractivity contribution is 7.79. The van der Waals surface area contributed by atoms with Gasteiger partial charge in [-0.05, 0) is 0 Å². The third-order valence-corrected chi connectivity index (χ3v) is 40.6. The predicted molar refractivity (Wildman–Crippen MR) is 201 cm³/mol. The van der Waals surface area contributed by atoms with E-state index in [-0.39, 0.29) is 0 Å². The molecule has 0 aliphatic rings. The summed E-state index contributed by atoms with van der Waals surface area (Å²) in [7, 11) is -7.73. The van der Waals surface area contributed by atoms with Crippen molar-refractivity contribution in [2.75, 3.05) is 0 Å². The summed E-state index contributed by atoms with van der Waals surface area (Å²) in [6.07, 6.45) is 0. The van der Waals surface area contributed by atoms with E-state index < -0.39 is 23.0 Å². The van der Waals surface area contributed by atoms with Gasteiger partial charge in [0.2, 0.25) is 0 Å². The summed E-state index contributed by atoms with van der Waals surface area (Å²) < 4.78 is 0. The van der Waals surface area contributed by atoms with Gasteiger partial charge in [0.15, 0.2) is 0 Å². The third-order valence-electron chi connectivity index (χ3n) is 9.37. The second-order valence-corrected chi connectivity index (χ2v) is 30.3. The van der Waals surface area contributed by atoms with Crippen molar-refractivity contribution in [2.24, 2.45) is 0 Å². The Morgan fingerprint density at radius 1 is 0.222 bits per heavy atom. The van der Waals surface area contributed by atoms with Gasteiger partial charge in [0, 0.05) is 0 Å². The summed E-state index contributed by atoms with van der Waals surface area (Å²) in [5, 5.41) is 10.5. The van der Waals surface area contributed by atoms with Crippen LogP contribution in [0.15, 0.2) is 212 Å². The number of hydrogen-bond acceptors (Lipinski definition) is 0. The number of benzene rings is 7. The average Bonchev–Trinajstić information content (AvgIpc) is 3.14. The molecule has 7 rings (SSSR count). The molecule has 0 unspecified atom stereocenters. The zero-order chi connectivity index (χ0) is 30.4. The maximum atomic E-state index is 2.46. The lowest BCUT2D eigenvalue weighted by atomic mass is 10.3. The highest BCUT2D eigenvalue weighted by atomic mass is 29.6. The van der Waals surface area contributed by atoms with Crippen molar-refractivity contribution in [3.8, 4) is 0 Å².